The minimum absolute atomic E-state index is 0.00372. The predicted octanol–water partition coefficient (Wildman–Crippen LogP) is 4.60. The summed E-state index contributed by atoms with van der Waals surface area (Å²) in [5.74, 6) is -0.246. The highest BCUT2D eigenvalue weighted by Gasteiger charge is 2.36. The highest BCUT2D eigenvalue weighted by molar-refractivity contribution is 6.33. The largest absolute Gasteiger partial charge is 0.371 e. The van der Waals surface area contributed by atoms with Gasteiger partial charge in [0, 0.05) is 50.9 Å². The number of nitrogens with zero attached hydrogens (tertiary/aromatic N) is 5. The van der Waals surface area contributed by atoms with Gasteiger partial charge in [-0.1, -0.05) is 23.7 Å². The molecule has 0 saturated carbocycles. The molecule has 0 bridgehead atoms. The third-order valence-corrected chi connectivity index (χ3v) is 7.60. The van der Waals surface area contributed by atoms with Crippen molar-refractivity contribution in [2.24, 2.45) is 0 Å². The van der Waals surface area contributed by atoms with Gasteiger partial charge >= 0.3 is 6.03 Å². The van der Waals surface area contributed by atoms with Crippen LogP contribution in [0.4, 0.5) is 10.5 Å². The number of aromatic nitrogens is 2. The molecule has 2 aromatic rings. The molecule has 2 aliphatic rings. The zero-order valence-corrected chi connectivity index (χ0v) is 20.9. The fraction of sp³-hybridized carbons (Fsp3) is 0.560. The standard InChI is InChI=1S/C25H34ClN5O2/c1-18-7-8-20(22(15-18)29-11-5-6-12-29)16-28(4)25(3)9-13-30(14-10-25)24(33)31-17-21(26)23(27-31)19(2)32/h7-8,15,17H,5-6,9-14,16H2,1-4H3. The van der Waals surface area contributed by atoms with Crippen LogP contribution < -0.4 is 4.90 Å². The summed E-state index contributed by atoms with van der Waals surface area (Å²) in [6.45, 7) is 10.3. The number of aryl methyl sites for hydroxylation is 1. The lowest BCUT2D eigenvalue weighted by Crippen LogP contribution is -2.53. The molecule has 2 aliphatic heterocycles. The van der Waals surface area contributed by atoms with Gasteiger partial charge in [0.25, 0.3) is 0 Å². The highest BCUT2D eigenvalue weighted by Crippen LogP contribution is 2.32. The van der Waals surface area contributed by atoms with Gasteiger partial charge in [-0.05, 0) is 63.8 Å². The lowest BCUT2D eigenvalue weighted by molar-refractivity contribution is 0.0586. The van der Waals surface area contributed by atoms with Gasteiger partial charge in [0.05, 0.1) is 11.2 Å². The topological polar surface area (TPSA) is 61.7 Å². The number of piperidine rings is 1. The van der Waals surface area contributed by atoms with Crippen molar-refractivity contribution < 1.29 is 9.59 Å². The summed E-state index contributed by atoms with van der Waals surface area (Å²) < 4.78 is 1.19. The lowest BCUT2D eigenvalue weighted by Gasteiger charge is -2.45. The first-order valence-electron chi connectivity index (χ1n) is 11.8. The zero-order valence-electron chi connectivity index (χ0n) is 20.1. The first-order chi connectivity index (χ1) is 15.7. The molecule has 1 aromatic heterocycles. The Hall–Kier alpha value is -2.38. The van der Waals surface area contributed by atoms with Crippen LogP contribution in [0.3, 0.4) is 0 Å². The van der Waals surface area contributed by atoms with E-state index in [-0.39, 0.29) is 28.1 Å². The van der Waals surface area contributed by atoms with Crippen molar-refractivity contribution in [1.82, 2.24) is 19.6 Å². The van der Waals surface area contributed by atoms with E-state index in [0.29, 0.717) is 13.1 Å². The number of hydrogen-bond acceptors (Lipinski definition) is 5. The van der Waals surface area contributed by atoms with Gasteiger partial charge in [0.15, 0.2) is 5.78 Å². The first-order valence-corrected chi connectivity index (χ1v) is 12.2. The summed E-state index contributed by atoms with van der Waals surface area (Å²) >= 11 is 6.07. The van der Waals surface area contributed by atoms with Crippen LogP contribution in [0, 0.1) is 6.92 Å². The first kappa shape index (κ1) is 23.8. The van der Waals surface area contributed by atoms with E-state index in [1.807, 2.05) is 0 Å². The SMILES string of the molecule is CC(=O)c1nn(C(=O)N2CCC(C)(N(C)Cc3ccc(C)cc3N3CCCC3)CC2)cc1Cl. The third kappa shape index (κ3) is 4.94. The fourth-order valence-electron chi connectivity index (χ4n) is 4.90. The molecule has 178 valence electrons. The van der Waals surface area contributed by atoms with Crippen LogP contribution in [0.5, 0.6) is 0 Å². The van der Waals surface area contributed by atoms with Crippen molar-refractivity contribution in [2.75, 3.05) is 38.1 Å². The minimum Gasteiger partial charge on any atom is -0.371 e. The second-order valence-corrected chi connectivity index (χ2v) is 10.2. The molecule has 1 aromatic carbocycles. The van der Waals surface area contributed by atoms with E-state index in [1.165, 1.54) is 47.5 Å². The molecule has 0 atom stereocenters. The number of benzene rings is 1. The van der Waals surface area contributed by atoms with Gasteiger partial charge < -0.3 is 9.80 Å². The van der Waals surface area contributed by atoms with E-state index in [1.54, 1.807) is 4.90 Å². The molecule has 2 saturated heterocycles. The number of halogens is 1. The molecular formula is C25H34ClN5O2. The molecule has 1 amide bonds. The van der Waals surface area contributed by atoms with Crippen LogP contribution >= 0.6 is 11.6 Å². The Bertz CT molecular complexity index is 1040. The highest BCUT2D eigenvalue weighted by atomic mass is 35.5. The summed E-state index contributed by atoms with van der Waals surface area (Å²) in [5.41, 5.74) is 4.17. The van der Waals surface area contributed by atoms with Gasteiger partial charge in [0.1, 0.15) is 5.69 Å². The summed E-state index contributed by atoms with van der Waals surface area (Å²) in [4.78, 5) is 31.3. The number of carbonyl (C=O) groups excluding carboxylic acids is 2. The molecular weight excluding hydrogens is 438 g/mol. The van der Waals surface area contributed by atoms with Crippen LogP contribution in [-0.2, 0) is 6.54 Å². The maximum Gasteiger partial charge on any atom is 0.344 e. The van der Waals surface area contributed by atoms with E-state index in [4.69, 9.17) is 11.6 Å². The molecule has 7 nitrogen and oxygen atoms in total. The maximum atomic E-state index is 12.9. The van der Waals surface area contributed by atoms with Crippen molar-refractivity contribution in [3.8, 4) is 0 Å². The second-order valence-electron chi connectivity index (χ2n) is 9.78. The molecule has 0 N–H and O–H groups in total. The van der Waals surface area contributed by atoms with Crippen LogP contribution in [0.1, 0.15) is 61.1 Å². The van der Waals surface area contributed by atoms with Crippen molar-refractivity contribution >= 4 is 29.1 Å². The van der Waals surface area contributed by atoms with Gasteiger partial charge in [0.2, 0.25) is 0 Å². The minimum atomic E-state index is -0.246. The van der Waals surface area contributed by atoms with Crippen molar-refractivity contribution in [3.05, 3.63) is 46.2 Å². The number of hydrogen-bond donors (Lipinski definition) is 0. The average molecular weight is 472 g/mol. The molecule has 0 unspecified atom stereocenters. The molecule has 0 spiro atoms. The molecule has 2 fully saturated rings. The lowest BCUT2D eigenvalue weighted by atomic mass is 9.87. The molecule has 4 rings (SSSR count). The van der Waals surface area contributed by atoms with Gasteiger partial charge in [-0.2, -0.15) is 9.78 Å². The smallest absolute Gasteiger partial charge is 0.344 e. The van der Waals surface area contributed by atoms with E-state index in [2.05, 4.69) is 54.0 Å². The number of rotatable bonds is 5. The quantitative estimate of drug-likeness (QED) is 0.596. The van der Waals surface area contributed by atoms with E-state index < -0.39 is 0 Å². The van der Waals surface area contributed by atoms with Gasteiger partial charge in [-0.15, -0.1) is 0 Å². The zero-order chi connectivity index (χ0) is 23.8. The van der Waals surface area contributed by atoms with Gasteiger partial charge in [-0.3, -0.25) is 9.69 Å². The molecule has 0 aliphatic carbocycles. The Morgan fingerprint density at radius 3 is 2.42 bits per heavy atom. The van der Waals surface area contributed by atoms with E-state index in [0.717, 1.165) is 32.5 Å². The molecule has 3 heterocycles. The number of ketones is 1. The predicted molar refractivity (Wildman–Crippen MR) is 131 cm³/mol. The Labute approximate surface area is 201 Å². The van der Waals surface area contributed by atoms with Crippen LogP contribution in [-0.4, -0.2) is 70.2 Å². The summed E-state index contributed by atoms with van der Waals surface area (Å²) in [6, 6.07) is 6.57. The second kappa shape index (κ2) is 9.47. The molecule has 0 radical (unpaired) electrons. The normalized spacial score (nSPS) is 18.2. The number of Topliss-reactive ketones (excluding diaryl/α,β-unsaturated/α-hetero) is 1. The number of amides is 1. The van der Waals surface area contributed by atoms with Crippen molar-refractivity contribution in [1.29, 1.82) is 0 Å². The Kier molecular flexibility index (Phi) is 6.82. The Morgan fingerprint density at radius 2 is 1.82 bits per heavy atom. The summed E-state index contributed by atoms with van der Waals surface area (Å²) in [6.07, 6.45) is 5.70. The van der Waals surface area contributed by atoms with Crippen LogP contribution in [0.25, 0.3) is 0 Å². The fourth-order valence-corrected chi connectivity index (χ4v) is 5.17. The molecule has 33 heavy (non-hydrogen) atoms. The summed E-state index contributed by atoms with van der Waals surface area (Å²) in [7, 11) is 2.19. The third-order valence-electron chi connectivity index (χ3n) is 7.33. The molecule has 8 heteroatoms. The summed E-state index contributed by atoms with van der Waals surface area (Å²) in [5, 5.41) is 4.31. The van der Waals surface area contributed by atoms with E-state index in [9.17, 15) is 9.59 Å². The van der Waals surface area contributed by atoms with Crippen LogP contribution in [0.2, 0.25) is 5.02 Å². The average Bonchev–Trinajstić information content (AvgIpc) is 3.45. The van der Waals surface area contributed by atoms with Crippen molar-refractivity contribution in [2.45, 2.75) is 58.5 Å². The van der Waals surface area contributed by atoms with Crippen molar-refractivity contribution in [3.63, 3.8) is 0 Å². The number of likely N-dealkylation sites (tertiary alicyclic amines) is 1. The van der Waals surface area contributed by atoms with E-state index >= 15 is 0 Å². The maximum absolute atomic E-state index is 12.9. The van der Waals surface area contributed by atoms with Gasteiger partial charge in [-0.25, -0.2) is 4.79 Å². The Morgan fingerprint density at radius 1 is 1.15 bits per heavy atom. The number of anilines is 1. The monoisotopic (exact) mass is 471 g/mol. The van der Waals surface area contributed by atoms with Crippen LogP contribution in [0.15, 0.2) is 24.4 Å². The Balaban J connectivity index is 1.42. The number of carbonyl (C=O) groups is 2.